The molecular weight excluding hydrogens is 437 g/mol. The van der Waals surface area contributed by atoms with Gasteiger partial charge in [0.2, 0.25) is 11.7 Å². The molecule has 8 heteroatoms. The Labute approximate surface area is 196 Å². The van der Waals surface area contributed by atoms with Crippen molar-refractivity contribution in [2.24, 2.45) is 0 Å². The van der Waals surface area contributed by atoms with Crippen LogP contribution in [-0.4, -0.2) is 34.6 Å². The van der Waals surface area contributed by atoms with Crippen molar-refractivity contribution in [2.75, 3.05) is 13.7 Å². The summed E-state index contributed by atoms with van der Waals surface area (Å²) in [5.41, 5.74) is 2.15. The molecule has 3 heterocycles. The number of carbonyl (C=O) groups is 1. The van der Waals surface area contributed by atoms with Gasteiger partial charge in [-0.15, -0.1) is 0 Å². The molecular formula is C26H24FN3O4. The minimum atomic E-state index is -0.298. The van der Waals surface area contributed by atoms with Crippen molar-refractivity contribution in [3.8, 4) is 17.0 Å². The summed E-state index contributed by atoms with van der Waals surface area (Å²) < 4.78 is 30.2. The number of ether oxygens (including phenoxy) is 1. The largest absolute Gasteiger partial charge is 0.497 e. The number of rotatable bonds is 6. The van der Waals surface area contributed by atoms with Crippen LogP contribution in [0.3, 0.4) is 0 Å². The topological polar surface area (TPSA) is 81.6 Å². The van der Waals surface area contributed by atoms with E-state index in [1.165, 1.54) is 12.1 Å². The van der Waals surface area contributed by atoms with Crippen LogP contribution >= 0.6 is 0 Å². The van der Waals surface area contributed by atoms with E-state index in [9.17, 15) is 9.18 Å². The molecule has 0 spiro atoms. The summed E-state index contributed by atoms with van der Waals surface area (Å²) in [5, 5.41) is 4.09. The first kappa shape index (κ1) is 21.9. The van der Waals surface area contributed by atoms with Gasteiger partial charge in [-0.3, -0.25) is 4.79 Å². The number of piperidine rings is 1. The SMILES string of the molecule is COc1cccc(-c2cc(C(=O)N3CCCCC3c3ncc(Cc4cccc(F)c4)o3)on2)c1. The minimum Gasteiger partial charge on any atom is -0.497 e. The van der Waals surface area contributed by atoms with Crippen molar-refractivity contribution in [2.45, 2.75) is 31.7 Å². The molecule has 7 nitrogen and oxygen atoms in total. The highest BCUT2D eigenvalue weighted by molar-refractivity contribution is 5.92. The molecule has 1 atom stereocenters. The quantitative estimate of drug-likeness (QED) is 0.381. The van der Waals surface area contributed by atoms with Gasteiger partial charge in [-0.25, -0.2) is 9.37 Å². The molecule has 0 saturated carbocycles. The summed E-state index contributed by atoms with van der Waals surface area (Å²) in [4.78, 5) is 19.5. The van der Waals surface area contributed by atoms with Crippen molar-refractivity contribution in [3.63, 3.8) is 0 Å². The predicted octanol–water partition coefficient (Wildman–Crippen LogP) is 5.44. The van der Waals surface area contributed by atoms with Gasteiger partial charge in [0, 0.05) is 24.6 Å². The smallest absolute Gasteiger partial charge is 0.293 e. The summed E-state index contributed by atoms with van der Waals surface area (Å²) in [6, 6.07) is 15.1. The molecule has 0 N–H and O–H groups in total. The molecule has 5 rings (SSSR count). The number of halogens is 1. The van der Waals surface area contributed by atoms with Gasteiger partial charge in [-0.2, -0.15) is 0 Å². The third-order valence-corrected chi connectivity index (χ3v) is 5.97. The Morgan fingerprint density at radius 2 is 2.06 bits per heavy atom. The van der Waals surface area contributed by atoms with Crippen LogP contribution in [0.25, 0.3) is 11.3 Å². The van der Waals surface area contributed by atoms with Gasteiger partial charge in [0.1, 0.15) is 29.1 Å². The number of hydrogen-bond acceptors (Lipinski definition) is 6. The molecule has 1 amide bonds. The Morgan fingerprint density at radius 3 is 2.91 bits per heavy atom. The van der Waals surface area contributed by atoms with Crippen LogP contribution in [0, 0.1) is 5.82 Å². The number of oxazole rings is 1. The van der Waals surface area contributed by atoms with E-state index in [0.717, 1.165) is 30.4 Å². The molecule has 0 bridgehead atoms. The number of aromatic nitrogens is 2. The van der Waals surface area contributed by atoms with Crippen molar-refractivity contribution in [1.82, 2.24) is 15.0 Å². The number of methoxy groups -OCH3 is 1. The van der Waals surface area contributed by atoms with Gasteiger partial charge < -0.3 is 18.6 Å². The number of carbonyl (C=O) groups excluding carboxylic acids is 1. The lowest BCUT2D eigenvalue weighted by molar-refractivity contribution is 0.0528. The van der Waals surface area contributed by atoms with Gasteiger partial charge in [-0.1, -0.05) is 29.4 Å². The fourth-order valence-electron chi connectivity index (χ4n) is 4.27. The summed E-state index contributed by atoms with van der Waals surface area (Å²) in [7, 11) is 1.60. The number of hydrogen-bond donors (Lipinski definition) is 0. The molecule has 174 valence electrons. The zero-order valence-electron chi connectivity index (χ0n) is 18.7. The van der Waals surface area contributed by atoms with Crippen LogP contribution < -0.4 is 4.74 Å². The van der Waals surface area contributed by atoms with Crippen LogP contribution in [0.4, 0.5) is 4.39 Å². The number of benzene rings is 2. The molecule has 1 fully saturated rings. The lowest BCUT2D eigenvalue weighted by atomic mass is 10.0. The van der Waals surface area contributed by atoms with Crippen LogP contribution in [0.5, 0.6) is 5.75 Å². The third-order valence-electron chi connectivity index (χ3n) is 5.97. The van der Waals surface area contributed by atoms with Crippen molar-refractivity contribution >= 4 is 5.91 Å². The molecule has 1 aliphatic rings. The van der Waals surface area contributed by atoms with E-state index in [1.54, 1.807) is 30.3 Å². The molecule has 4 aromatic rings. The molecule has 0 aliphatic carbocycles. The summed E-state index contributed by atoms with van der Waals surface area (Å²) >= 11 is 0. The van der Waals surface area contributed by atoms with E-state index >= 15 is 0 Å². The Balaban J connectivity index is 1.34. The first-order chi connectivity index (χ1) is 16.6. The summed E-state index contributed by atoms with van der Waals surface area (Å²) in [5.74, 6) is 1.42. The number of nitrogens with zero attached hydrogens (tertiary/aromatic N) is 3. The maximum Gasteiger partial charge on any atom is 0.293 e. The van der Waals surface area contributed by atoms with E-state index in [-0.39, 0.29) is 23.5 Å². The molecule has 1 unspecified atom stereocenters. The fourth-order valence-corrected chi connectivity index (χ4v) is 4.27. The normalized spacial score (nSPS) is 15.9. The monoisotopic (exact) mass is 461 g/mol. The minimum absolute atomic E-state index is 0.163. The third kappa shape index (κ3) is 4.57. The lowest BCUT2D eigenvalue weighted by Crippen LogP contribution is -2.38. The van der Waals surface area contributed by atoms with E-state index in [4.69, 9.17) is 13.7 Å². The maximum atomic E-state index is 13.5. The second-order valence-electron chi connectivity index (χ2n) is 8.29. The zero-order chi connectivity index (χ0) is 23.5. The first-order valence-electron chi connectivity index (χ1n) is 11.2. The molecule has 0 radical (unpaired) electrons. The van der Waals surface area contributed by atoms with Gasteiger partial charge in [-0.05, 0) is 49.1 Å². The number of amides is 1. The average molecular weight is 461 g/mol. The summed E-state index contributed by atoms with van der Waals surface area (Å²) in [6.45, 7) is 0.570. The Hall–Kier alpha value is -3.94. The highest BCUT2D eigenvalue weighted by Gasteiger charge is 2.34. The van der Waals surface area contributed by atoms with E-state index in [2.05, 4.69) is 10.1 Å². The van der Waals surface area contributed by atoms with Gasteiger partial charge in [0.05, 0.1) is 13.3 Å². The second kappa shape index (κ2) is 9.51. The predicted molar refractivity (Wildman–Crippen MR) is 122 cm³/mol. The lowest BCUT2D eigenvalue weighted by Gasteiger charge is -2.32. The Kier molecular flexibility index (Phi) is 6.12. The molecule has 2 aromatic carbocycles. The van der Waals surface area contributed by atoms with Crippen LogP contribution in [0.2, 0.25) is 0 Å². The van der Waals surface area contributed by atoms with Gasteiger partial charge in [0.15, 0.2) is 0 Å². The molecule has 34 heavy (non-hydrogen) atoms. The van der Waals surface area contributed by atoms with Crippen LogP contribution in [0.1, 0.15) is 53.1 Å². The number of likely N-dealkylation sites (tertiary alicyclic amines) is 1. The highest BCUT2D eigenvalue weighted by Crippen LogP contribution is 2.33. The van der Waals surface area contributed by atoms with E-state index in [0.29, 0.717) is 36.1 Å². The van der Waals surface area contributed by atoms with Crippen LogP contribution in [0.15, 0.2) is 69.7 Å². The van der Waals surface area contributed by atoms with E-state index < -0.39 is 0 Å². The molecule has 1 aliphatic heterocycles. The van der Waals surface area contributed by atoms with Crippen molar-refractivity contribution in [3.05, 3.63) is 89.6 Å². The van der Waals surface area contributed by atoms with Gasteiger partial charge in [0.25, 0.3) is 5.91 Å². The molecule has 1 saturated heterocycles. The van der Waals surface area contributed by atoms with Crippen molar-refractivity contribution < 1.29 is 22.9 Å². The standard InChI is InChI=1S/C26H24FN3O4/c1-32-20-9-5-7-18(14-20)22-15-24(34-29-22)26(31)30-11-3-2-10-23(30)25-28-16-21(33-25)13-17-6-4-8-19(27)12-17/h4-9,12,14-16,23H,2-3,10-11,13H2,1H3. The molecule has 2 aromatic heterocycles. The highest BCUT2D eigenvalue weighted by atomic mass is 19.1. The zero-order valence-corrected chi connectivity index (χ0v) is 18.7. The fraction of sp³-hybridized carbons (Fsp3) is 0.269. The average Bonchev–Trinajstić information content (AvgIpc) is 3.54. The van der Waals surface area contributed by atoms with E-state index in [1.807, 2.05) is 30.3 Å². The summed E-state index contributed by atoms with van der Waals surface area (Å²) in [6.07, 6.45) is 4.66. The maximum absolute atomic E-state index is 13.5. The van der Waals surface area contributed by atoms with Crippen molar-refractivity contribution in [1.29, 1.82) is 0 Å². The second-order valence-corrected chi connectivity index (χ2v) is 8.29. The van der Waals surface area contributed by atoms with Gasteiger partial charge >= 0.3 is 0 Å². The first-order valence-corrected chi connectivity index (χ1v) is 11.2. The van der Waals surface area contributed by atoms with Crippen LogP contribution in [-0.2, 0) is 6.42 Å². The Bertz CT molecular complexity index is 1300. The Morgan fingerprint density at radius 1 is 1.18 bits per heavy atom.